The van der Waals surface area contributed by atoms with Gasteiger partial charge in [0.25, 0.3) is 0 Å². The quantitative estimate of drug-likeness (QED) is 0.0552. The van der Waals surface area contributed by atoms with Crippen molar-refractivity contribution in [2.45, 2.75) is 64.0 Å². The molecule has 0 aliphatic heterocycles. The number of likely N-dealkylation sites (N-methyl/N-ethyl adjacent to an activating group) is 1. The molecule has 0 spiro atoms. The van der Waals surface area contributed by atoms with Crippen molar-refractivity contribution in [2.75, 3.05) is 46.3 Å². The predicted octanol–water partition coefficient (Wildman–Crippen LogP) is 5.80. The lowest BCUT2D eigenvalue weighted by molar-refractivity contribution is -0.138. The summed E-state index contributed by atoms with van der Waals surface area (Å²) in [6.07, 6.45) is 12.3. The zero-order valence-corrected chi connectivity index (χ0v) is 24.8. The number of carbonyl (C=O) groups is 2. The number of nitrogen functional groups attached to an aromatic ring is 1. The van der Waals surface area contributed by atoms with Crippen LogP contribution < -0.4 is 15.2 Å². The fourth-order valence-corrected chi connectivity index (χ4v) is 4.17. The monoisotopic (exact) mass is 570 g/mol. The van der Waals surface area contributed by atoms with Crippen molar-refractivity contribution in [2.24, 2.45) is 16.1 Å². The first-order valence-corrected chi connectivity index (χ1v) is 14.3. The van der Waals surface area contributed by atoms with Gasteiger partial charge in [-0.15, -0.1) is 0 Å². The molecule has 2 rings (SSSR count). The smallest absolute Gasteiger partial charge is 0.330 e. The van der Waals surface area contributed by atoms with Gasteiger partial charge in [-0.1, -0.05) is 32.2 Å². The molecule has 226 valence electrons. The Bertz CT molecular complexity index is 1060. The number of carbonyl (C=O) groups excluding carboxylic acids is 2. The molecule has 1 aliphatic rings. The number of hydrogen-bond donors (Lipinski definition) is 1. The van der Waals surface area contributed by atoms with Crippen LogP contribution in [-0.2, 0) is 19.1 Å². The minimum atomic E-state index is -0.414. The minimum absolute atomic E-state index is 0.0329. The molecule has 3 atom stereocenters. The van der Waals surface area contributed by atoms with E-state index in [0.717, 1.165) is 57.1 Å². The molecule has 1 aromatic carbocycles. The largest absolute Gasteiger partial charge is 0.491 e. The first-order valence-electron chi connectivity index (χ1n) is 14.3. The van der Waals surface area contributed by atoms with E-state index in [4.69, 9.17) is 24.7 Å². The number of ether oxygens (including phenoxy) is 4. The number of anilines is 1. The van der Waals surface area contributed by atoms with E-state index < -0.39 is 11.9 Å². The van der Waals surface area contributed by atoms with Crippen molar-refractivity contribution in [3.8, 4) is 11.5 Å². The Balaban J connectivity index is 2.01. The summed E-state index contributed by atoms with van der Waals surface area (Å²) in [6.45, 7) is 10.6. The second kappa shape index (κ2) is 18.6. The van der Waals surface area contributed by atoms with Crippen molar-refractivity contribution in [3.63, 3.8) is 0 Å². The van der Waals surface area contributed by atoms with Gasteiger partial charge in [0, 0.05) is 30.3 Å². The lowest BCUT2D eigenvalue weighted by atomic mass is 9.88. The molecule has 0 radical (unpaired) electrons. The van der Waals surface area contributed by atoms with Gasteiger partial charge < -0.3 is 29.6 Å². The lowest BCUT2D eigenvalue weighted by Gasteiger charge is -2.30. The number of unbranched alkanes of at least 4 members (excludes halogenated alkanes) is 4. The molecule has 1 aliphatic carbocycles. The Morgan fingerprint density at radius 1 is 0.902 bits per heavy atom. The van der Waals surface area contributed by atoms with Crippen LogP contribution in [0.3, 0.4) is 0 Å². The van der Waals surface area contributed by atoms with E-state index in [2.05, 4.69) is 61.5 Å². The fourth-order valence-electron chi connectivity index (χ4n) is 4.17. The number of hydrogen-bond acceptors (Lipinski definition) is 10. The maximum Gasteiger partial charge on any atom is 0.330 e. The number of esters is 2. The number of benzene rings is 1. The van der Waals surface area contributed by atoms with E-state index in [0.29, 0.717) is 61.3 Å². The first-order chi connectivity index (χ1) is 19.7. The Morgan fingerprint density at radius 2 is 1.46 bits per heavy atom. The predicted molar refractivity (Wildman–Crippen MR) is 161 cm³/mol. The maximum absolute atomic E-state index is 11.2. The highest BCUT2D eigenvalue weighted by molar-refractivity contribution is 5.81. The van der Waals surface area contributed by atoms with Crippen LogP contribution in [0.4, 0.5) is 11.4 Å². The van der Waals surface area contributed by atoms with Crippen molar-refractivity contribution in [3.05, 3.63) is 49.6 Å². The van der Waals surface area contributed by atoms with Crippen molar-refractivity contribution >= 4 is 23.3 Å². The van der Waals surface area contributed by atoms with Gasteiger partial charge in [0.15, 0.2) is 0 Å². The molecule has 10 nitrogen and oxygen atoms in total. The maximum atomic E-state index is 11.2. The zero-order valence-electron chi connectivity index (χ0n) is 24.8. The van der Waals surface area contributed by atoms with Gasteiger partial charge in [0.1, 0.15) is 17.2 Å². The molecule has 0 bridgehead atoms. The molecule has 0 saturated carbocycles. The van der Waals surface area contributed by atoms with E-state index in [-0.39, 0.29) is 6.04 Å². The molecule has 1 aromatic rings. The summed E-state index contributed by atoms with van der Waals surface area (Å²) >= 11 is 0. The van der Waals surface area contributed by atoms with E-state index in [1.54, 1.807) is 12.1 Å². The Hall–Kier alpha value is -3.66. The summed E-state index contributed by atoms with van der Waals surface area (Å²) in [7, 11) is 4.16. The van der Waals surface area contributed by atoms with Crippen molar-refractivity contribution in [1.82, 2.24) is 4.90 Å². The zero-order chi connectivity index (χ0) is 30.0. The average Bonchev–Trinajstić information content (AvgIpc) is 2.96. The van der Waals surface area contributed by atoms with Crippen LogP contribution >= 0.6 is 0 Å². The van der Waals surface area contributed by atoms with Crippen LogP contribution in [0.5, 0.6) is 11.5 Å². The summed E-state index contributed by atoms with van der Waals surface area (Å²) in [6, 6.07) is 3.86. The Kier molecular flexibility index (Phi) is 15.3. The third-order valence-corrected chi connectivity index (χ3v) is 6.69. The lowest BCUT2D eigenvalue weighted by Crippen LogP contribution is -2.33. The average molecular weight is 571 g/mol. The highest BCUT2D eigenvalue weighted by Gasteiger charge is 2.24. The molecule has 0 heterocycles. The number of nitrogens with zero attached hydrogens (tertiary/aromatic N) is 3. The van der Waals surface area contributed by atoms with Gasteiger partial charge in [0.2, 0.25) is 0 Å². The van der Waals surface area contributed by atoms with Crippen LogP contribution in [0, 0.1) is 5.92 Å². The molecular weight excluding hydrogens is 524 g/mol. The molecule has 2 N–H and O–H groups in total. The van der Waals surface area contributed by atoms with Crippen LogP contribution in [0.1, 0.15) is 51.9 Å². The summed E-state index contributed by atoms with van der Waals surface area (Å²) in [5.41, 5.74) is 7.31. The second-order valence-electron chi connectivity index (χ2n) is 10.3. The van der Waals surface area contributed by atoms with Crippen LogP contribution in [0.2, 0.25) is 0 Å². The summed E-state index contributed by atoms with van der Waals surface area (Å²) in [5.74, 6) is 0.573. The van der Waals surface area contributed by atoms with Crippen LogP contribution in [-0.4, -0.2) is 69.4 Å². The summed E-state index contributed by atoms with van der Waals surface area (Å²) in [5, 5.41) is 9.22. The molecule has 10 heteroatoms. The van der Waals surface area contributed by atoms with Crippen LogP contribution in [0.25, 0.3) is 0 Å². The third kappa shape index (κ3) is 12.6. The summed E-state index contributed by atoms with van der Waals surface area (Å²) in [4.78, 5) is 24.5. The topological polar surface area (TPSA) is 125 Å². The number of rotatable bonds is 19. The van der Waals surface area contributed by atoms with Gasteiger partial charge in [0.05, 0.1) is 38.2 Å². The van der Waals surface area contributed by atoms with Gasteiger partial charge in [-0.05, 0) is 65.0 Å². The van der Waals surface area contributed by atoms with E-state index in [1.807, 2.05) is 0 Å². The molecule has 0 fully saturated rings. The fraction of sp³-hybridized carbons (Fsp3) is 0.548. The molecule has 0 amide bonds. The van der Waals surface area contributed by atoms with Gasteiger partial charge in [-0.3, -0.25) is 0 Å². The molecule has 3 unspecified atom stereocenters. The number of nitrogens with two attached hydrogens (primary N) is 1. The number of azo groups is 1. The molecular formula is C31H46N4O6. The second-order valence-corrected chi connectivity index (χ2v) is 10.3. The first kappa shape index (κ1) is 33.5. The summed E-state index contributed by atoms with van der Waals surface area (Å²) < 4.78 is 22.0. The van der Waals surface area contributed by atoms with Crippen LogP contribution in [0.15, 0.2) is 59.8 Å². The minimum Gasteiger partial charge on any atom is -0.491 e. The molecule has 41 heavy (non-hydrogen) atoms. The highest BCUT2D eigenvalue weighted by Crippen LogP contribution is 2.38. The van der Waals surface area contributed by atoms with Gasteiger partial charge in [-0.2, -0.15) is 10.2 Å². The SMILES string of the molecule is C=CC(=O)OCCCCCOc1cc(N=NC2C=CC(N(C)C)CC2C)c(OCCCCCOC(=O)C=C)cc1N. The van der Waals surface area contributed by atoms with Crippen molar-refractivity contribution < 1.29 is 28.5 Å². The third-order valence-electron chi connectivity index (χ3n) is 6.69. The molecule has 0 aromatic heterocycles. The van der Waals surface area contributed by atoms with E-state index in [9.17, 15) is 9.59 Å². The van der Waals surface area contributed by atoms with Gasteiger partial charge in [-0.25, -0.2) is 9.59 Å². The molecule has 0 saturated heterocycles. The normalized spacial score (nSPS) is 18.3. The van der Waals surface area contributed by atoms with Crippen molar-refractivity contribution in [1.29, 1.82) is 0 Å². The standard InChI is InChI=1S/C31H46N4O6/c1-6-30(36)40-18-12-8-10-16-38-28-22-27(34-33-26-15-14-24(35(4)5)20-23(26)3)29(21-25(28)32)39-17-11-9-13-19-41-31(37)7-2/h6-7,14-15,21-24,26H,1-2,8-13,16-20,32H2,3-5H3. The highest BCUT2D eigenvalue weighted by atomic mass is 16.5. The van der Waals surface area contributed by atoms with Gasteiger partial charge >= 0.3 is 11.9 Å². The van der Waals surface area contributed by atoms with E-state index in [1.165, 1.54) is 0 Å². The Morgan fingerprint density at radius 3 is 2.00 bits per heavy atom. The Labute approximate surface area is 244 Å². The van der Waals surface area contributed by atoms with E-state index >= 15 is 0 Å².